The summed E-state index contributed by atoms with van der Waals surface area (Å²) >= 11 is 0. The highest BCUT2D eigenvalue weighted by Crippen LogP contribution is 2.38. The molecule has 1 aliphatic heterocycles. The summed E-state index contributed by atoms with van der Waals surface area (Å²) < 4.78 is 47.3. The van der Waals surface area contributed by atoms with Crippen LogP contribution in [0, 0.1) is 25.2 Å². The highest BCUT2D eigenvalue weighted by molar-refractivity contribution is 7.92. The summed E-state index contributed by atoms with van der Waals surface area (Å²) in [6.07, 6.45) is 4.71. The van der Waals surface area contributed by atoms with Gasteiger partial charge in [0.25, 0.3) is 10.0 Å². The second-order valence-electron chi connectivity index (χ2n) is 13.9. The minimum atomic E-state index is -4.21. The lowest BCUT2D eigenvalue weighted by Gasteiger charge is -2.36. The number of sulfonamides is 1. The number of hydrogen-bond acceptors (Lipinski definition) is 9. The maximum atomic E-state index is 13.4. The van der Waals surface area contributed by atoms with Gasteiger partial charge in [-0.25, -0.2) is 22.9 Å². The fraction of sp³-hybridized carbons (Fsp3) is 0.514. The van der Waals surface area contributed by atoms with Crippen molar-refractivity contribution < 1.29 is 32.5 Å². The molecule has 11 nitrogen and oxygen atoms in total. The molecule has 2 aromatic carbocycles. The number of halogens is 1. The summed E-state index contributed by atoms with van der Waals surface area (Å²) in [6, 6.07) is 12.8. The lowest BCUT2D eigenvalue weighted by molar-refractivity contribution is -0.182. The monoisotopic (exact) mass is 702 g/mol. The standard InChI is InChI=1S/C35H46N4O7S.ClH/c1-23-8-6-9-24(2)31(23)29-19-30(38-33(37-29)39-47(42,43)28-11-7-10-26(18-28)32(40)41)44-22-27(20-34(3,4)5)36-21-25-12-14-35(15-13-25)45-16-17-46-35;/h6-11,18-19,25,27,36H,12-17,20-22H2,1-5H3,(H,40,41)(H,37,38,39);1H/t27-;/m1./s1. The average Bonchev–Trinajstić information content (AvgIpc) is 3.46. The van der Waals surface area contributed by atoms with Crippen molar-refractivity contribution in [2.45, 2.75) is 83.4 Å². The molecule has 2 fully saturated rings. The van der Waals surface area contributed by atoms with Crippen molar-refractivity contribution in [3.05, 3.63) is 65.2 Å². The van der Waals surface area contributed by atoms with Crippen molar-refractivity contribution in [1.29, 1.82) is 0 Å². The molecule has 262 valence electrons. The zero-order valence-corrected chi connectivity index (χ0v) is 29.9. The first-order valence-electron chi connectivity index (χ1n) is 16.2. The first-order valence-corrected chi connectivity index (χ1v) is 17.7. The van der Waals surface area contributed by atoms with Gasteiger partial charge in [-0.15, -0.1) is 12.4 Å². The van der Waals surface area contributed by atoms with E-state index in [0.29, 0.717) is 31.4 Å². The van der Waals surface area contributed by atoms with E-state index in [1.807, 2.05) is 32.0 Å². The van der Waals surface area contributed by atoms with Gasteiger partial charge in [0.1, 0.15) is 6.61 Å². The Labute approximate surface area is 289 Å². The molecule has 1 aromatic heterocycles. The number of aryl methyl sites for hydroxylation is 2. The van der Waals surface area contributed by atoms with E-state index in [-0.39, 0.29) is 51.9 Å². The molecule has 3 aromatic rings. The lowest BCUT2D eigenvalue weighted by atomic mass is 9.84. The number of nitrogens with one attached hydrogen (secondary N) is 2. The Morgan fingerprint density at radius 2 is 1.69 bits per heavy atom. The molecule has 0 unspecified atom stereocenters. The Morgan fingerprint density at radius 1 is 1.04 bits per heavy atom. The Balaban J connectivity index is 0.00000520. The minimum Gasteiger partial charge on any atom is -0.478 e. The molecule has 2 aliphatic rings. The maximum Gasteiger partial charge on any atom is 0.335 e. The number of carbonyl (C=O) groups is 1. The molecule has 1 aliphatic carbocycles. The van der Waals surface area contributed by atoms with Gasteiger partial charge in [-0.3, -0.25) is 0 Å². The second kappa shape index (κ2) is 15.5. The number of anilines is 1. The van der Waals surface area contributed by atoms with Gasteiger partial charge in [-0.2, -0.15) is 4.98 Å². The first kappa shape index (κ1) is 37.5. The molecular weight excluding hydrogens is 656 g/mol. The SMILES string of the molecule is Cc1cccc(C)c1-c1cc(OC[C@@H](CC(C)(C)C)NCC2CCC3(CC2)OCCO3)nc(NS(=O)(=O)c2cccc(C(=O)O)c2)n1.Cl. The smallest absolute Gasteiger partial charge is 0.335 e. The first-order chi connectivity index (χ1) is 22.2. The lowest BCUT2D eigenvalue weighted by Crippen LogP contribution is -2.43. The van der Waals surface area contributed by atoms with E-state index in [2.05, 4.69) is 40.8 Å². The molecule has 0 bridgehead atoms. The zero-order chi connectivity index (χ0) is 33.8. The van der Waals surface area contributed by atoms with Crippen LogP contribution in [0.5, 0.6) is 5.88 Å². The number of carboxylic acids is 1. The molecule has 0 amide bonds. The third-order valence-electron chi connectivity index (χ3n) is 8.72. The van der Waals surface area contributed by atoms with Gasteiger partial charge >= 0.3 is 5.97 Å². The van der Waals surface area contributed by atoms with Crippen molar-refractivity contribution in [1.82, 2.24) is 15.3 Å². The van der Waals surface area contributed by atoms with E-state index in [9.17, 15) is 18.3 Å². The third-order valence-corrected chi connectivity index (χ3v) is 10.0. The van der Waals surface area contributed by atoms with E-state index in [1.54, 1.807) is 6.07 Å². The summed E-state index contributed by atoms with van der Waals surface area (Å²) in [5.41, 5.74) is 3.18. The topological polar surface area (TPSA) is 149 Å². The molecule has 1 spiro atoms. The molecule has 1 saturated heterocycles. The third kappa shape index (κ3) is 9.66. The van der Waals surface area contributed by atoms with Gasteiger partial charge in [-0.1, -0.05) is 45.0 Å². The van der Waals surface area contributed by atoms with Crippen LogP contribution in [0.25, 0.3) is 11.3 Å². The van der Waals surface area contributed by atoms with Crippen LogP contribution in [0.3, 0.4) is 0 Å². The number of aromatic carboxylic acids is 1. The Hall–Kier alpha value is -3.29. The molecular formula is C35H47ClN4O7S. The van der Waals surface area contributed by atoms with Crippen molar-refractivity contribution >= 4 is 34.3 Å². The van der Waals surface area contributed by atoms with E-state index in [1.165, 1.54) is 18.2 Å². The highest BCUT2D eigenvalue weighted by Gasteiger charge is 2.40. The second-order valence-corrected chi connectivity index (χ2v) is 15.5. The fourth-order valence-electron chi connectivity index (χ4n) is 6.42. The van der Waals surface area contributed by atoms with Crippen molar-refractivity contribution in [3.8, 4) is 17.1 Å². The van der Waals surface area contributed by atoms with E-state index in [0.717, 1.165) is 61.4 Å². The summed E-state index contributed by atoms with van der Waals surface area (Å²) in [6.45, 7) is 13.0. The van der Waals surface area contributed by atoms with Gasteiger partial charge in [0.2, 0.25) is 11.8 Å². The quantitative estimate of drug-likeness (QED) is 0.194. The largest absolute Gasteiger partial charge is 0.478 e. The minimum absolute atomic E-state index is 0. The predicted octanol–water partition coefficient (Wildman–Crippen LogP) is 6.39. The van der Waals surface area contributed by atoms with Crippen LogP contribution < -0.4 is 14.8 Å². The number of nitrogens with zero attached hydrogens (tertiary/aromatic N) is 2. The number of rotatable bonds is 12. The molecule has 13 heteroatoms. The summed E-state index contributed by atoms with van der Waals surface area (Å²) in [7, 11) is -4.21. The van der Waals surface area contributed by atoms with Crippen LogP contribution in [0.2, 0.25) is 0 Å². The van der Waals surface area contributed by atoms with Gasteiger partial charge in [-0.05, 0) is 80.3 Å². The van der Waals surface area contributed by atoms with Crippen LogP contribution in [0.4, 0.5) is 5.95 Å². The average molecular weight is 703 g/mol. The maximum absolute atomic E-state index is 13.4. The Morgan fingerprint density at radius 3 is 2.31 bits per heavy atom. The molecule has 1 saturated carbocycles. The van der Waals surface area contributed by atoms with Gasteiger partial charge in [0.15, 0.2) is 5.79 Å². The highest BCUT2D eigenvalue weighted by atomic mass is 35.5. The number of aromatic nitrogens is 2. The van der Waals surface area contributed by atoms with Crippen LogP contribution in [0.1, 0.15) is 74.4 Å². The Bertz CT molecular complexity index is 1660. The van der Waals surface area contributed by atoms with Crippen molar-refractivity contribution in [2.75, 3.05) is 31.1 Å². The number of carboxylic acid groups (broad SMARTS) is 1. The van der Waals surface area contributed by atoms with E-state index < -0.39 is 16.0 Å². The van der Waals surface area contributed by atoms with E-state index in [4.69, 9.17) is 14.2 Å². The molecule has 48 heavy (non-hydrogen) atoms. The van der Waals surface area contributed by atoms with Gasteiger partial charge in [0, 0.05) is 30.5 Å². The fourth-order valence-corrected chi connectivity index (χ4v) is 7.41. The van der Waals surface area contributed by atoms with Crippen LogP contribution >= 0.6 is 12.4 Å². The van der Waals surface area contributed by atoms with E-state index >= 15 is 0 Å². The molecule has 5 rings (SSSR count). The van der Waals surface area contributed by atoms with Crippen LogP contribution in [-0.4, -0.2) is 67.7 Å². The Kier molecular flexibility index (Phi) is 12.1. The van der Waals surface area contributed by atoms with Crippen molar-refractivity contribution in [2.24, 2.45) is 11.3 Å². The van der Waals surface area contributed by atoms with Crippen molar-refractivity contribution in [3.63, 3.8) is 0 Å². The summed E-state index contributed by atoms with van der Waals surface area (Å²) in [5.74, 6) is -1.05. The molecule has 2 heterocycles. The number of ether oxygens (including phenoxy) is 3. The summed E-state index contributed by atoms with van der Waals surface area (Å²) in [4.78, 5) is 20.3. The molecule has 1 atom stereocenters. The van der Waals surface area contributed by atoms with Gasteiger partial charge in [0.05, 0.1) is 29.4 Å². The number of hydrogen-bond donors (Lipinski definition) is 3. The van der Waals surface area contributed by atoms with Gasteiger partial charge < -0.3 is 24.6 Å². The zero-order valence-electron chi connectivity index (χ0n) is 28.2. The molecule has 0 radical (unpaired) electrons. The number of benzene rings is 2. The van der Waals surface area contributed by atoms with Crippen LogP contribution in [-0.2, 0) is 19.5 Å². The summed E-state index contributed by atoms with van der Waals surface area (Å²) in [5, 5.41) is 13.1. The van der Waals surface area contributed by atoms with Crippen LogP contribution in [0.15, 0.2) is 53.4 Å². The predicted molar refractivity (Wildman–Crippen MR) is 186 cm³/mol. The normalized spacial score (nSPS) is 17.1. The molecule has 3 N–H and O–H groups in total.